The lowest BCUT2D eigenvalue weighted by molar-refractivity contribution is -0.134. The van der Waals surface area contributed by atoms with Gasteiger partial charge in [-0.25, -0.2) is 0 Å². The predicted octanol–water partition coefficient (Wildman–Crippen LogP) is 3.95. The van der Waals surface area contributed by atoms with Crippen molar-refractivity contribution in [1.82, 2.24) is 15.1 Å². The van der Waals surface area contributed by atoms with E-state index < -0.39 is 0 Å². The number of thiophene rings is 1. The summed E-state index contributed by atoms with van der Waals surface area (Å²) in [6, 6.07) is 14.1. The Morgan fingerprint density at radius 2 is 2.00 bits per heavy atom. The number of carbonyl (C=O) groups is 1. The highest BCUT2D eigenvalue weighted by molar-refractivity contribution is 8.01. The minimum absolute atomic E-state index is 0.104. The van der Waals surface area contributed by atoms with Crippen LogP contribution < -0.4 is 5.32 Å². The van der Waals surface area contributed by atoms with Gasteiger partial charge in [-0.3, -0.25) is 4.79 Å². The lowest BCUT2D eigenvalue weighted by Gasteiger charge is -2.30. The standard InChI is InChI=1S/C20H22N4O2S3/c25-18(24-10-12-26-13-11-24)17(15-5-2-1-3-6-15)28-20-23-22-19(29-20)21-9-8-16-7-4-14-27-16/h1-7,14,17H,8-13H2,(H,21,22). The van der Waals surface area contributed by atoms with E-state index in [0.717, 1.165) is 28.0 Å². The third-order valence-corrected chi connectivity index (χ3v) is 7.65. The number of hydrogen-bond acceptors (Lipinski definition) is 8. The summed E-state index contributed by atoms with van der Waals surface area (Å²) in [7, 11) is 0. The van der Waals surface area contributed by atoms with Crippen LogP contribution in [0.3, 0.4) is 0 Å². The average Bonchev–Trinajstić information content (AvgIpc) is 3.45. The smallest absolute Gasteiger partial charge is 0.240 e. The van der Waals surface area contributed by atoms with Gasteiger partial charge in [-0.15, -0.1) is 21.5 Å². The van der Waals surface area contributed by atoms with Gasteiger partial charge in [0.25, 0.3) is 0 Å². The molecule has 0 radical (unpaired) electrons. The van der Waals surface area contributed by atoms with Gasteiger partial charge in [0, 0.05) is 24.5 Å². The number of nitrogens with one attached hydrogen (secondary N) is 1. The van der Waals surface area contributed by atoms with Gasteiger partial charge in [0.2, 0.25) is 11.0 Å². The summed E-state index contributed by atoms with van der Waals surface area (Å²) in [4.78, 5) is 16.4. The molecule has 1 aliphatic heterocycles. The molecular weight excluding hydrogens is 424 g/mol. The molecule has 0 aliphatic carbocycles. The number of aromatic nitrogens is 2. The highest BCUT2D eigenvalue weighted by atomic mass is 32.2. The fraction of sp³-hybridized carbons (Fsp3) is 0.350. The Morgan fingerprint density at radius 1 is 1.17 bits per heavy atom. The second kappa shape index (κ2) is 10.2. The van der Waals surface area contributed by atoms with Gasteiger partial charge < -0.3 is 15.0 Å². The lowest BCUT2D eigenvalue weighted by Crippen LogP contribution is -2.42. The number of nitrogens with zero attached hydrogens (tertiary/aromatic N) is 3. The number of rotatable bonds is 8. The fourth-order valence-corrected chi connectivity index (χ4v) is 5.78. The van der Waals surface area contributed by atoms with Crippen molar-refractivity contribution < 1.29 is 9.53 Å². The van der Waals surface area contributed by atoms with Crippen molar-refractivity contribution in [3.63, 3.8) is 0 Å². The molecule has 6 nitrogen and oxygen atoms in total. The van der Waals surface area contributed by atoms with Gasteiger partial charge in [0.1, 0.15) is 5.25 Å². The van der Waals surface area contributed by atoms with Crippen LogP contribution in [0, 0.1) is 0 Å². The SMILES string of the molecule is O=C(C(Sc1nnc(NCCc2cccs2)s1)c1ccccc1)N1CCOCC1. The maximum atomic E-state index is 13.2. The van der Waals surface area contributed by atoms with Crippen LogP contribution in [0.25, 0.3) is 0 Å². The molecule has 1 amide bonds. The first kappa shape index (κ1) is 20.3. The van der Waals surface area contributed by atoms with Crippen LogP contribution in [-0.4, -0.2) is 53.9 Å². The van der Waals surface area contributed by atoms with Gasteiger partial charge in [0.15, 0.2) is 4.34 Å². The van der Waals surface area contributed by atoms with Crippen LogP contribution in [0.1, 0.15) is 15.7 Å². The molecule has 1 fully saturated rings. The molecule has 9 heteroatoms. The van der Waals surface area contributed by atoms with Crippen LogP contribution >= 0.6 is 34.4 Å². The maximum Gasteiger partial charge on any atom is 0.240 e. The molecule has 0 saturated carbocycles. The number of ether oxygens (including phenoxy) is 1. The Kier molecular flexibility index (Phi) is 7.15. The number of carbonyl (C=O) groups excluding carboxylic acids is 1. The molecule has 152 valence electrons. The Morgan fingerprint density at radius 3 is 2.76 bits per heavy atom. The quantitative estimate of drug-likeness (QED) is 0.529. The fourth-order valence-electron chi connectivity index (χ4n) is 3.02. The van der Waals surface area contributed by atoms with Crippen molar-refractivity contribution in [2.24, 2.45) is 0 Å². The number of anilines is 1. The van der Waals surface area contributed by atoms with E-state index in [4.69, 9.17) is 4.74 Å². The van der Waals surface area contributed by atoms with Crippen molar-refractivity contribution in [3.8, 4) is 0 Å². The zero-order valence-electron chi connectivity index (χ0n) is 15.8. The van der Waals surface area contributed by atoms with Gasteiger partial charge in [-0.05, 0) is 23.4 Å². The third kappa shape index (κ3) is 5.57. The van der Waals surface area contributed by atoms with E-state index in [1.807, 2.05) is 35.2 Å². The molecule has 0 spiro atoms. The molecule has 1 unspecified atom stereocenters. The Hall–Kier alpha value is -1.94. The zero-order valence-corrected chi connectivity index (χ0v) is 18.3. The van der Waals surface area contributed by atoms with Gasteiger partial charge in [-0.2, -0.15) is 0 Å². The Balaban J connectivity index is 1.42. The molecule has 4 rings (SSSR count). The van der Waals surface area contributed by atoms with Crippen molar-refractivity contribution in [3.05, 3.63) is 58.3 Å². The van der Waals surface area contributed by atoms with E-state index >= 15 is 0 Å². The summed E-state index contributed by atoms with van der Waals surface area (Å²) in [6.45, 7) is 3.27. The monoisotopic (exact) mass is 446 g/mol. The van der Waals surface area contributed by atoms with E-state index in [1.54, 1.807) is 11.3 Å². The summed E-state index contributed by atoms with van der Waals surface area (Å²) in [6.07, 6.45) is 0.960. The first-order valence-electron chi connectivity index (χ1n) is 9.47. The predicted molar refractivity (Wildman–Crippen MR) is 119 cm³/mol. The Labute approximate surface area is 182 Å². The third-order valence-electron chi connectivity index (χ3n) is 4.50. The molecule has 0 bridgehead atoms. The summed E-state index contributed by atoms with van der Waals surface area (Å²) >= 11 is 4.72. The van der Waals surface area contributed by atoms with E-state index in [-0.39, 0.29) is 11.2 Å². The van der Waals surface area contributed by atoms with Gasteiger partial charge in [0.05, 0.1) is 13.2 Å². The molecule has 1 N–H and O–H groups in total. The van der Waals surface area contributed by atoms with Crippen LogP contribution in [0.15, 0.2) is 52.2 Å². The molecule has 2 aromatic heterocycles. The second-order valence-electron chi connectivity index (χ2n) is 6.48. The van der Waals surface area contributed by atoms with Crippen LogP contribution in [-0.2, 0) is 16.0 Å². The molecule has 1 aliphatic rings. The summed E-state index contributed by atoms with van der Waals surface area (Å²) < 4.78 is 6.18. The van der Waals surface area contributed by atoms with Crippen molar-refractivity contribution in [2.75, 3.05) is 38.2 Å². The molecule has 29 heavy (non-hydrogen) atoms. The number of benzene rings is 1. The molecule has 3 aromatic rings. The molecule has 1 aromatic carbocycles. The van der Waals surface area contributed by atoms with E-state index in [1.165, 1.54) is 28.0 Å². The minimum Gasteiger partial charge on any atom is -0.378 e. The lowest BCUT2D eigenvalue weighted by atomic mass is 10.1. The molecular formula is C20H22N4O2S3. The minimum atomic E-state index is -0.332. The van der Waals surface area contributed by atoms with Crippen LogP contribution in [0.4, 0.5) is 5.13 Å². The van der Waals surface area contributed by atoms with Crippen molar-refractivity contribution in [2.45, 2.75) is 16.0 Å². The van der Waals surface area contributed by atoms with E-state index in [9.17, 15) is 4.79 Å². The maximum absolute atomic E-state index is 13.2. The molecule has 3 heterocycles. The summed E-state index contributed by atoms with van der Waals surface area (Å²) in [5.74, 6) is 0.104. The second-order valence-corrected chi connectivity index (χ2v) is 9.84. The topological polar surface area (TPSA) is 67.4 Å². The van der Waals surface area contributed by atoms with Crippen LogP contribution in [0.5, 0.6) is 0 Å². The molecule has 1 saturated heterocycles. The highest BCUT2D eigenvalue weighted by Gasteiger charge is 2.29. The number of thioether (sulfide) groups is 1. The van der Waals surface area contributed by atoms with Gasteiger partial charge >= 0.3 is 0 Å². The number of morpholine rings is 1. The first-order valence-corrected chi connectivity index (χ1v) is 12.0. The first-order chi connectivity index (χ1) is 14.3. The average molecular weight is 447 g/mol. The Bertz CT molecular complexity index is 896. The highest BCUT2D eigenvalue weighted by Crippen LogP contribution is 2.39. The molecule has 1 atom stereocenters. The number of amides is 1. The van der Waals surface area contributed by atoms with Crippen LogP contribution in [0.2, 0.25) is 0 Å². The van der Waals surface area contributed by atoms with Gasteiger partial charge in [-0.1, -0.05) is 59.5 Å². The largest absolute Gasteiger partial charge is 0.378 e. The zero-order chi connectivity index (χ0) is 19.9. The number of hydrogen-bond donors (Lipinski definition) is 1. The summed E-state index contributed by atoms with van der Waals surface area (Å²) in [5, 5.41) is 14.4. The summed E-state index contributed by atoms with van der Waals surface area (Å²) in [5.41, 5.74) is 0.983. The van der Waals surface area contributed by atoms with E-state index in [2.05, 4.69) is 33.0 Å². The normalized spacial score (nSPS) is 15.2. The van der Waals surface area contributed by atoms with Crippen molar-refractivity contribution >= 4 is 45.5 Å². The van der Waals surface area contributed by atoms with E-state index in [0.29, 0.717) is 26.3 Å². The van der Waals surface area contributed by atoms with Crippen molar-refractivity contribution in [1.29, 1.82) is 0 Å².